The molecule has 0 saturated carbocycles. The third-order valence-corrected chi connectivity index (χ3v) is 3.00. The van der Waals surface area contributed by atoms with Crippen LogP contribution >= 0.6 is 0 Å². The van der Waals surface area contributed by atoms with E-state index in [9.17, 15) is 4.79 Å². The molecule has 0 bridgehead atoms. The number of nitrogens with one attached hydrogen (secondary N) is 1. The summed E-state index contributed by atoms with van der Waals surface area (Å²) in [4.78, 5) is 16.1. The average molecular weight is 244 g/mol. The molecule has 0 unspecified atom stereocenters. The van der Waals surface area contributed by atoms with E-state index in [2.05, 4.69) is 10.3 Å². The Hall–Kier alpha value is -2.30. The third kappa shape index (κ3) is 1.95. The molecule has 0 radical (unpaired) electrons. The van der Waals surface area contributed by atoms with E-state index in [-0.39, 0.29) is 5.91 Å². The summed E-state index contributed by atoms with van der Waals surface area (Å²) in [5.41, 5.74) is 9.65. The Morgan fingerprint density at radius 3 is 2.67 bits per heavy atom. The second-order valence-corrected chi connectivity index (χ2v) is 4.14. The van der Waals surface area contributed by atoms with Gasteiger partial charge < -0.3 is 15.6 Å². The number of rotatable bonds is 2. The highest BCUT2D eigenvalue weighted by atomic mass is 16.1. The molecule has 0 atom stereocenters. The summed E-state index contributed by atoms with van der Waals surface area (Å²) >= 11 is 0. The van der Waals surface area contributed by atoms with Gasteiger partial charge in [-0.25, -0.2) is 4.98 Å². The standard InChI is InChI=1S/C13H16N4O/c1-8-9(2)17(7-16-8)12-6-10(14)4-5-11(12)13(18)15-3/h4-7H,14H2,1-3H3,(H,15,18). The second-order valence-electron chi connectivity index (χ2n) is 4.14. The first-order valence-corrected chi connectivity index (χ1v) is 5.67. The van der Waals surface area contributed by atoms with Crippen molar-refractivity contribution in [3.8, 4) is 5.69 Å². The molecular weight excluding hydrogens is 228 g/mol. The number of anilines is 1. The third-order valence-electron chi connectivity index (χ3n) is 3.00. The fourth-order valence-electron chi connectivity index (χ4n) is 1.82. The Balaban J connectivity index is 2.65. The molecule has 5 nitrogen and oxygen atoms in total. The van der Waals surface area contributed by atoms with Crippen LogP contribution in [-0.4, -0.2) is 22.5 Å². The zero-order valence-corrected chi connectivity index (χ0v) is 10.7. The van der Waals surface area contributed by atoms with Crippen LogP contribution < -0.4 is 11.1 Å². The van der Waals surface area contributed by atoms with Gasteiger partial charge in [-0.15, -0.1) is 0 Å². The quantitative estimate of drug-likeness (QED) is 0.785. The number of benzene rings is 1. The van der Waals surface area contributed by atoms with Crippen LogP contribution in [0.3, 0.4) is 0 Å². The van der Waals surface area contributed by atoms with E-state index < -0.39 is 0 Å². The predicted molar refractivity (Wildman–Crippen MR) is 70.8 cm³/mol. The molecule has 1 amide bonds. The Morgan fingerprint density at radius 2 is 2.11 bits per heavy atom. The first-order chi connectivity index (χ1) is 8.54. The van der Waals surface area contributed by atoms with Crippen LogP contribution in [0.4, 0.5) is 5.69 Å². The van der Waals surface area contributed by atoms with Gasteiger partial charge in [-0.2, -0.15) is 0 Å². The first kappa shape index (κ1) is 12.2. The lowest BCUT2D eigenvalue weighted by atomic mass is 10.1. The van der Waals surface area contributed by atoms with Gasteiger partial charge in [0.1, 0.15) is 0 Å². The Bertz CT molecular complexity index is 601. The minimum atomic E-state index is -0.143. The normalized spacial score (nSPS) is 10.4. The first-order valence-electron chi connectivity index (χ1n) is 5.67. The van der Waals surface area contributed by atoms with E-state index in [4.69, 9.17) is 5.73 Å². The van der Waals surface area contributed by atoms with Crippen LogP contribution in [0.2, 0.25) is 0 Å². The van der Waals surface area contributed by atoms with Crippen molar-refractivity contribution >= 4 is 11.6 Å². The Kier molecular flexibility index (Phi) is 3.06. The number of amides is 1. The summed E-state index contributed by atoms with van der Waals surface area (Å²) in [5, 5.41) is 2.62. The molecule has 0 saturated heterocycles. The molecule has 0 aliphatic rings. The summed E-state index contributed by atoms with van der Waals surface area (Å²) in [6.07, 6.45) is 1.70. The van der Waals surface area contributed by atoms with Gasteiger partial charge in [-0.1, -0.05) is 0 Å². The van der Waals surface area contributed by atoms with E-state index in [1.54, 1.807) is 31.6 Å². The molecule has 5 heteroatoms. The van der Waals surface area contributed by atoms with E-state index in [1.165, 1.54) is 0 Å². The predicted octanol–water partition coefficient (Wildman–Crippen LogP) is 1.43. The van der Waals surface area contributed by atoms with E-state index in [0.29, 0.717) is 11.3 Å². The van der Waals surface area contributed by atoms with Gasteiger partial charge in [0, 0.05) is 18.4 Å². The lowest BCUT2D eigenvalue weighted by Gasteiger charge is -2.12. The SMILES string of the molecule is CNC(=O)c1ccc(N)cc1-n1cnc(C)c1C. The number of nitrogen functional groups attached to an aromatic ring is 1. The van der Waals surface area contributed by atoms with Crippen LogP contribution in [0.5, 0.6) is 0 Å². The van der Waals surface area contributed by atoms with Gasteiger partial charge in [-0.05, 0) is 32.0 Å². The van der Waals surface area contributed by atoms with Crippen molar-refractivity contribution in [2.75, 3.05) is 12.8 Å². The van der Waals surface area contributed by atoms with Crippen LogP contribution in [0, 0.1) is 13.8 Å². The molecule has 2 rings (SSSR count). The van der Waals surface area contributed by atoms with Crippen molar-refractivity contribution in [1.29, 1.82) is 0 Å². The number of nitrogens with zero attached hydrogens (tertiary/aromatic N) is 2. The molecule has 0 spiro atoms. The number of aromatic nitrogens is 2. The molecule has 94 valence electrons. The van der Waals surface area contributed by atoms with Crippen LogP contribution in [0.25, 0.3) is 5.69 Å². The summed E-state index contributed by atoms with van der Waals surface area (Å²) in [6, 6.07) is 5.21. The zero-order chi connectivity index (χ0) is 13.3. The molecule has 18 heavy (non-hydrogen) atoms. The highest BCUT2D eigenvalue weighted by molar-refractivity contribution is 5.98. The molecule has 0 aliphatic carbocycles. The Morgan fingerprint density at radius 1 is 1.39 bits per heavy atom. The van der Waals surface area contributed by atoms with E-state index in [1.807, 2.05) is 18.4 Å². The van der Waals surface area contributed by atoms with Crippen molar-refractivity contribution in [2.45, 2.75) is 13.8 Å². The second kappa shape index (κ2) is 4.52. The fourth-order valence-corrected chi connectivity index (χ4v) is 1.82. The fraction of sp³-hybridized carbons (Fsp3) is 0.231. The maximum Gasteiger partial charge on any atom is 0.253 e. The number of carbonyl (C=O) groups excluding carboxylic acids is 1. The maximum absolute atomic E-state index is 11.9. The van der Waals surface area contributed by atoms with Gasteiger partial charge in [-0.3, -0.25) is 4.79 Å². The zero-order valence-electron chi connectivity index (χ0n) is 10.7. The Labute approximate surface area is 106 Å². The van der Waals surface area contributed by atoms with Gasteiger partial charge in [0.2, 0.25) is 0 Å². The average Bonchev–Trinajstić information content (AvgIpc) is 2.69. The van der Waals surface area contributed by atoms with Crippen molar-refractivity contribution in [3.05, 3.63) is 41.5 Å². The van der Waals surface area contributed by atoms with Gasteiger partial charge in [0.15, 0.2) is 0 Å². The van der Waals surface area contributed by atoms with Crippen LogP contribution in [0.15, 0.2) is 24.5 Å². The number of carbonyl (C=O) groups is 1. The number of hydrogen-bond acceptors (Lipinski definition) is 3. The molecule has 1 aromatic carbocycles. The van der Waals surface area contributed by atoms with Crippen molar-refractivity contribution in [3.63, 3.8) is 0 Å². The monoisotopic (exact) mass is 244 g/mol. The number of aryl methyl sites for hydroxylation is 1. The topological polar surface area (TPSA) is 72.9 Å². The van der Waals surface area contributed by atoms with E-state index >= 15 is 0 Å². The lowest BCUT2D eigenvalue weighted by Crippen LogP contribution is -2.20. The molecule has 3 N–H and O–H groups in total. The summed E-state index contributed by atoms with van der Waals surface area (Å²) < 4.78 is 1.87. The number of hydrogen-bond donors (Lipinski definition) is 2. The van der Waals surface area contributed by atoms with Gasteiger partial charge in [0.25, 0.3) is 5.91 Å². The highest BCUT2D eigenvalue weighted by Crippen LogP contribution is 2.21. The van der Waals surface area contributed by atoms with Crippen molar-refractivity contribution in [2.24, 2.45) is 0 Å². The number of nitrogens with two attached hydrogens (primary N) is 1. The molecular formula is C13H16N4O. The minimum Gasteiger partial charge on any atom is -0.399 e. The summed E-state index contributed by atoms with van der Waals surface area (Å²) in [6.45, 7) is 3.89. The molecule has 0 fully saturated rings. The van der Waals surface area contributed by atoms with Crippen molar-refractivity contribution in [1.82, 2.24) is 14.9 Å². The minimum absolute atomic E-state index is 0.143. The largest absolute Gasteiger partial charge is 0.399 e. The molecule has 1 aromatic heterocycles. The van der Waals surface area contributed by atoms with Gasteiger partial charge in [0.05, 0.1) is 23.3 Å². The molecule has 2 aromatic rings. The smallest absolute Gasteiger partial charge is 0.253 e. The number of imidazole rings is 1. The maximum atomic E-state index is 11.9. The van der Waals surface area contributed by atoms with Gasteiger partial charge >= 0.3 is 0 Å². The van der Waals surface area contributed by atoms with Crippen LogP contribution in [-0.2, 0) is 0 Å². The molecule has 1 heterocycles. The highest BCUT2D eigenvalue weighted by Gasteiger charge is 2.14. The lowest BCUT2D eigenvalue weighted by molar-refractivity contribution is 0.0963. The summed E-state index contributed by atoms with van der Waals surface area (Å²) in [5.74, 6) is -0.143. The summed E-state index contributed by atoms with van der Waals surface area (Å²) in [7, 11) is 1.61. The van der Waals surface area contributed by atoms with Crippen molar-refractivity contribution < 1.29 is 4.79 Å². The van der Waals surface area contributed by atoms with Crippen LogP contribution in [0.1, 0.15) is 21.7 Å². The van der Waals surface area contributed by atoms with E-state index in [0.717, 1.165) is 17.1 Å². The molecule has 0 aliphatic heterocycles.